The molecular weight excluding hydrogens is 419 g/mol. The van der Waals surface area contributed by atoms with Crippen molar-refractivity contribution in [2.75, 3.05) is 23.3 Å². The molecule has 1 saturated heterocycles. The Morgan fingerprint density at radius 2 is 1.83 bits per heavy atom. The van der Waals surface area contributed by atoms with Crippen LogP contribution < -0.4 is 10.2 Å². The highest BCUT2D eigenvalue weighted by Gasteiger charge is 2.62. The summed E-state index contributed by atoms with van der Waals surface area (Å²) in [6.07, 6.45) is 3.09. The molecule has 0 radical (unpaired) electrons. The van der Waals surface area contributed by atoms with Gasteiger partial charge in [-0.15, -0.1) is 5.10 Å². The van der Waals surface area contributed by atoms with Crippen LogP contribution in [0.2, 0.25) is 5.02 Å². The third-order valence-corrected chi connectivity index (χ3v) is 5.74. The standard InChI is InChI=1S/C19H17ClF3N7/c1-29-17(26-12-2-3-13(20)14(21)4-12)27-15(28-29)11-5-24-16(25-6-11)30-9-18(10-30)7-19(22,23)8-18/h2-6H,7-10H2,1H3,(H,26,27,28). The topological polar surface area (TPSA) is 71.8 Å². The summed E-state index contributed by atoms with van der Waals surface area (Å²) in [6, 6.07) is 4.36. The Bertz CT molecular complexity index is 1100. The molecule has 0 atom stereocenters. The zero-order valence-corrected chi connectivity index (χ0v) is 16.7. The van der Waals surface area contributed by atoms with Gasteiger partial charge in [0.05, 0.1) is 10.6 Å². The number of hydrogen-bond acceptors (Lipinski definition) is 6. The Hall–Kier alpha value is -2.88. The second kappa shape index (κ2) is 6.56. The fourth-order valence-electron chi connectivity index (χ4n) is 4.09. The fourth-order valence-corrected chi connectivity index (χ4v) is 4.21. The number of aryl methyl sites for hydroxylation is 1. The molecule has 1 aromatic carbocycles. The normalized spacial score (nSPS) is 18.8. The van der Waals surface area contributed by atoms with Crippen molar-refractivity contribution >= 4 is 29.2 Å². The Balaban J connectivity index is 1.27. The van der Waals surface area contributed by atoms with Crippen LogP contribution in [-0.4, -0.2) is 43.7 Å². The summed E-state index contributed by atoms with van der Waals surface area (Å²) in [7, 11) is 1.70. The summed E-state index contributed by atoms with van der Waals surface area (Å²) in [5.41, 5.74) is 0.810. The molecule has 5 rings (SSSR count). The highest BCUT2D eigenvalue weighted by molar-refractivity contribution is 6.30. The largest absolute Gasteiger partial charge is 0.340 e. The molecule has 2 aliphatic rings. The van der Waals surface area contributed by atoms with Gasteiger partial charge in [0.1, 0.15) is 5.82 Å². The van der Waals surface area contributed by atoms with E-state index in [9.17, 15) is 13.2 Å². The van der Waals surface area contributed by atoms with E-state index >= 15 is 0 Å². The van der Waals surface area contributed by atoms with Crippen molar-refractivity contribution in [3.8, 4) is 11.4 Å². The van der Waals surface area contributed by atoms with Crippen molar-refractivity contribution < 1.29 is 13.2 Å². The van der Waals surface area contributed by atoms with E-state index in [2.05, 4.69) is 25.4 Å². The van der Waals surface area contributed by atoms with E-state index in [0.717, 1.165) is 0 Å². The summed E-state index contributed by atoms with van der Waals surface area (Å²) < 4.78 is 41.4. The number of nitrogens with zero attached hydrogens (tertiary/aromatic N) is 6. The highest BCUT2D eigenvalue weighted by atomic mass is 35.5. The minimum atomic E-state index is -2.52. The Labute approximate surface area is 174 Å². The lowest BCUT2D eigenvalue weighted by molar-refractivity contribution is -0.170. The lowest BCUT2D eigenvalue weighted by Gasteiger charge is -2.58. The van der Waals surface area contributed by atoms with Gasteiger partial charge >= 0.3 is 0 Å². The number of benzene rings is 1. The fraction of sp³-hybridized carbons (Fsp3) is 0.368. The van der Waals surface area contributed by atoms with Gasteiger partial charge in [0.2, 0.25) is 17.8 Å². The summed E-state index contributed by atoms with van der Waals surface area (Å²) >= 11 is 5.70. The molecular formula is C19H17ClF3N7. The minimum Gasteiger partial charge on any atom is -0.340 e. The van der Waals surface area contributed by atoms with Crippen molar-refractivity contribution in [2.45, 2.75) is 18.8 Å². The van der Waals surface area contributed by atoms with Crippen LogP contribution in [0.5, 0.6) is 0 Å². The van der Waals surface area contributed by atoms with Crippen molar-refractivity contribution in [2.24, 2.45) is 12.5 Å². The predicted molar refractivity (Wildman–Crippen MR) is 106 cm³/mol. The van der Waals surface area contributed by atoms with Crippen LogP contribution >= 0.6 is 11.6 Å². The van der Waals surface area contributed by atoms with Crippen molar-refractivity contribution in [1.29, 1.82) is 0 Å². The maximum Gasteiger partial charge on any atom is 0.249 e. The Kier molecular flexibility index (Phi) is 4.18. The van der Waals surface area contributed by atoms with Crippen LogP contribution in [0.3, 0.4) is 0 Å². The summed E-state index contributed by atoms with van der Waals surface area (Å²) in [5.74, 6) is -1.74. The molecule has 3 aromatic rings. The molecule has 156 valence electrons. The number of alkyl halides is 2. The van der Waals surface area contributed by atoms with E-state index in [-0.39, 0.29) is 23.3 Å². The van der Waals surface area contributed by atoms with E-state index in [4.69, 9.17) is 11.6 Å². The van der Waals surface area contributed by atoms with Gasteiger partial charge in [0.25, 0.3) is 0 Å². The van der Waals surface area contributed by atoms with Crippen molar-refractivity contribution in [3.63, 3.8) is 0 Å². The van der Waals surface area contributed by atoms with Crippen LogP contribution in [0.25, 0.3) is 11.4 Å². The molecule has 1 N–H and O–H groups in total. The van der Waals surface area contributed by atoms with Crippen molar-refractivity contribution in [1.82, 2.24) is 24.7 Å². The molecule has 1 spiro atoms. The minimum absolute atomic E-state index is 0.0376. The van der Waals surface area contributed by atoms with Gasteiger partial charge in [0.15, 0.2) is 5.82 Å². The summed E-state index contributed by atoms with van der Waals surface area (Å²) in [4.78, 5) is 15.0. The maximum atomic E-state index is 13.6. The molecule has 1 aliphatic heterocycles. The number of anilines is 3. The van der Waals surface area contributed by atoms with Gasteiger partial charge in [-0.05, 0) is 18.2 Å². The Morgan fingerprint density at radius 3 is 2.47 bits per heavy atom. The summed E-state index contributed by atoms with van der Waals surface area (Å²) in [5, 5.41) is 7.36. The van der Waals surface area contributed by atoms with Gasteiger partial charge in [0, 0.05) is 56.5 Å². The number of hydrogen-bond donors (Lipinski definition) is 1. The molecule has 1 aliphatic carbocycles. The first kappa shape index (κ1) is 19.1. The van der Waals surface area contributed by atoms with Crippen LogP contribution in [0, 0.1) is 11.2 Å². The Morgan fingerprint density at radius 1 is 1.13 bits per heavy atom. The van der Waals surface area contributed by atoms with E-state index in [1.54, 1.807) is 25.5 Å². The molecule has 1 saturated carbocycles. The predicted octanol–water partition coefficient (Wildman–Crippen LogP) is 4.04. The second-order valence-corrected chi connectivity index (χ2v) is 8.38. The maximum absolute atomic E-state index is 13.6. The number of aromatic nitrogens is 5. The molecule has 7 nitrogen and oxygen atoms in total. The van der Waals surface area contributed by atoms with E-state index in [1.807, 2.05) is 4.90 Å². The molecule has 11 heteroatoms. The van der Waals surface area contributed by atoms with Crippen LogP contribution in [0.4, 0.5) is 30.8 Å². The molecule has 3 heterocycles. The van der Waals surface area contributed by atoms with Gasteiger partial charge in [-0.3, -0.25) is 0 Å². The van der Waals surface area contributed by atoms with Crippen LogP contribution in [-0.2, 0) is 7.05 Å². The third-order valence-electron chi connectivity index (χ3n) is 5.44. The van der Waals surface area contributed by atoms with Crippen LogP contribution in [0.1, 0.15) is 12.8 Å². The molecule has 2 aromatic heterocycles. The first-order valence-corrected chi connectivity index (χ1v) is 9.68. The molecule has 2 fully saturated rings. The number of nitrogens with one attached hydrogen (secondary N) is 1. The first-order valence-electron chi connectivity index (χ1n) is 9.30. The van der Waals surface area contributed by atoms with Gasteiger partial charge in [-0.1, -0.05) is 11.6 Å². The monoisotopic (exact) mass is 435 g/mol. The van der Waals surface area contributed by atoms with Gasteiger partial charge < -0.3 is 10.2 Å². The number of halogens is 4. The molecule has 30 heavy (non-hydrogen) atoms. The third kappa shape index (κ3) is 3.34. The average molecular weight is 436 g/mol. The SMILES string of the molecule is Cn1nc(-c2cnc(N3CC4(C3)CC(F)(F)C4)nc2)nc1Nc1ccc(Cl)c(F)c1. The quantitative estimate of drug-likeness (QED) is 0.666. The smallest absolute Gasteiger partial charge is 0.249 e. The average Bonchev–Trinajstić information content (AvgIpc) is 3.01. The highest BCUT2D eigenvalue weighted by Crippen LogP contribution is 2.57. The summed E-state index contributed by atoms with van der Waals surface area (Å²) in [6.45, 7) is 1.10. The van der Waals surface area contributed by atoms with Gasteiger partial charge in [-0.25, -0.2) is 27.8 Å². The van der Waals surface area contributed by atoms with Crippen molar-refractivity contribution in [3.05, 3.63) is 41.4 Å². The molecule has 0 amide bonds. The van der Waals surface area contributed by atoms with E-state index in [1.165, 1.54) is 16.8 Å². The molecule has 0 unspecified atom stereocenters. The van der Waals surface area contributed by atoms with Gasteiger partial charge in [-0.2, -0.15) is 4.98 Å². The lowest BCUT2D eigenvalue weighted by atomic mass is 9.61. The van der Waals surface area contributed by atoms with E-state index < -0.39 is 11.7 Å². The van der Waals surface area contributed by atoms with Crippen LogP contribution in [0.15, 0.2) is 30.6 Å². The number of rotatable bonds is 4. The first-order chi connectivity index (χ1) is 14.2. The molecule has 0 bridgehead atoms. The zero-order chi connectivity index (χ0) is 21.1. The lowest BCUT2D eigenvalue weighted by Crippen LogP contribution is -2.66. The zero-order valence-electron chi connectivity index (χ0n) is 15.9. The van der Waals surface area contributed by atoms with E-state index in [0.29, 0.717) is 42.1 Å². The second-order valence-electron chi connectivity index (χ2n) is 7.97.